The van der Waals surface area contributed by atoms with Crippen LogP contribution in [-0.4, -0.2) is 0 Å². The lowest BCUT2D eigenvalue weighted by Crippen LogP contribution is -2.53. The molecule has 15 atom stereocenters. The summed E-state index contributed by atoms with van der Waals surface area (Å²) in [6.07, 6.45) is 32.8. The van der Waals surface area contributed by atoms with E-state index >= 15 is 0 Å². The predicted octanol–water partition coefficient (Wildman–Crippen LogP) is 22.9. The van der Waals surface area contributed by atoms with Crippen LogP contribution in [0.25, 0.3) is 0 Å². The van der Waals surface area contributed by atoms with E-state index in [0.29, 0.717) is 38.4 Å². The average Bonchev–Trinajstić information content (AvgIpc) is 3.78. The van der Waals surface area contributed by atoms with Gasteiger partial charge in [-0.1, -0.05) is 227 Å². The first kappa shape index (κ1) is 60.3. The SMILES string of the molecule is CC(c1ccccc1)c1ccccc1.CC1CC2CCC1(C)C2(C)C.CC[C@@]1(C)CCC[C@@]2(C)C3CCC(C(C)C)CC3CCC12.CC[C@@]1(C)CCC[C@]2(C)[C@H]3CC[C@H](C(C)C)C[C@H]3CC[C@@H]12.CCc1ccccc1. The van der Waals surface area contributed by atoms with Gasteiger partial charge in [0.05, 0.1) is 0 Å². The molecule has 0 nitrogen and oxygen atoms in total. The van der Waals surface area contributed by atoms with E-state index in [-0.39, 0.29) is 0 Å². The minimum atomic E-state index is 0.484. The molecule has 0 saturated heterocycles. The average molecular weight is 1020 g/mol. The molecule has 11 rings (SSSR count). The van der Waals surface area contributed by atoms with Crippen LogP contribution >= 0.6 is 0 Å². The van der Waals surface area contributed by atoms with Crippen molar-refractivity contribution in [2.24, 2.45) is 104 Å². The number of aryl methyl sites for hydroxylation is 1. The summed E-state index contributed by atoms with van der Waals surface area (Å²) in [5.74, 6) is 12.6. The molecule has 8 aliphatic rings. The van der Waals surface area contributed by atoms with Crippen LogP contribution in [-0.2, 0) is 6.42 Å². The smallest absolute Gasteiger partial charge is 0.00610 e. The maximum absolute atomic E-state index is 2.71. The highest BCUT2D eigenvalue weighted by atomic mass is 14.6. The second-order valence-electron chi connectivity index (χ2n) is 30.3. The lowest BCUT2D eigenvalue weighted by molar-refractivity contribution is -0.123. The summed E-state index contributed by atoms with van der Waals surface area (Å²) in [5.41, 5.74) is 8.09. The molecule has 7 unspecified atom stereocenters. The molecule has 0 amide bonds. The lowest BCUT2D eigenvalue weighted by Gasteiger charge is -2.62. The summed E-state index contributed by atoms with van der Waals surface area (Å²) >= 11 is 0. The van der Waals surface area contributed by atoms with Crippen molar-refractivity contribution < 1.29 is 0 Å². The minimum absolute atomic E-state index is 0.484. The van der Waals surface area contributed by atoms with Crippen molar-refractivity contribution in [2.75, 3.05) is 0 Å². The Hall–Kier alpha value is -2.34. The molecule has 0 radical (unpaired) electrons. The fourth-order valence-electron chi connectivity index (χ4n) is 20.1. The van der Waals surface area contributed by atoms with Crippen LogP contribution in [0.4, 0.5) is 0 Å². The van der Waals surface area contributed by atoms with Gasteiger partial charge in [-0.15, -0.1) is 0 Å². The van der Waals surface area contributed by atoms with Crippen LogP contribution in [0.2, 0.25) is 0 Å². The van der Waals surface area contributed by atoms with Crippen LogP contribution in [0.3, 0.4) is 0 Å². The van der Waals surface area contributed by atoms with E-state index in [1.807, 2.05) is 6.07 Å². The van der Waals surface area contributed by atoms with Gasteiger partial charge in [0.25, 0.3) is 0 Å². The number of hydrogen-bond acceptors (Lipinski definition) is 0. The fraction of sp³-hybridized carbons (Fsp3) is 0.760. The van der Waals surface area contributed by atoms with Crippen LogP contribution in [0.15, 0.2) is 91.0 Å². The number of fused-ring (bicyclic) bond motifs is 8. The van der Waals surface area contributed by atoms with Crippen molar-refractivity contribution in [3.63, 3.8) is 0 Å². The third-order valence-electron chi connectivity index (χ3n) is 26.2. The van der Waals surface area contributed by atoms with Gasteiger partial charge in [-0.3, -0.25) is 0 Å². The molecule has 3 aromatic carbocycles. The fourth-order valence-corrected chi connectivity index (χ4v) is 20.1. The number of rotatable bonds is 7. The Bertz CT molecular complexity index is 2020. The number of hydrogen-bond donors (Lipinski definition) is 0. The van der Waals surface area contributed by atoms with Crippen LogP contribution < -0.4 is 0 Å². The lowest BCUT2D eigenvalue weighted by atomic mass is 9.43. The summed E-state index contributed by atoms with van der Waals surface area (Å²) in [7, 11) is 0. The number of benzene rings is 3. The van der Waals surface area contributed by atoms with Crippen molar-refractivity contribution in [2.45, 2.75) is 258 Å². The largest absolute Gasteiger partial charge is 0.0649 e. The predicted molar refractivity (Wildman–Crippen MR) is 329 cm³/mol. The van der Waals surface area contributed by atoms with E-state index in [0.717, 1.165) is 77.4 Å². The van der Waals surface area contributed by atoms with Crippen LogP contribution in [0, 0.1) is 104 Å². The molecule has 0 N–H and O–H groups in total. The third kappa shape index (κ3) is 12.8. The van der Waals surface area contributed by atoms with Gasteiger partial charge in [0.2, 0.25) is 0 Å². The molecule has 0 heteroatoms. The summed E-state index contributed by atoms with van der Waals surface area (Å²) in [6.45, 7) is 39.7. The first-order valence-electron chi connectivity index (χ1n) is 32.7. The van der Waals surface area contributed by atoms with E-state index in [2.05, 4.69) is 196 Å². The van der Waals surface area contributed by atoms with E-state index in [1.165, 1.54) is 113 Å². The normalized spacial score (nSPS) is 39.1. The molecule has 2 bridgehead atoms. The molecule has 0 heterocycles. The van der Waals surface area contributed by atoms with Crippen molar-refractivity contribution in [3.05, 3.63) is 108 Å². The quantitative estimate of drug-likeness (QED) is 0.221. The summed E-state index contributed by atoms with van der Waals surface area (Å²) in [5, 5.41) is 0. The molecular weight excluding hydrogens is 901 g/mol. The maximum Gasteiger partial charge on any atom is 0.00610 e. The van der Waals surface area contributed by atoms with E-state index in [1.54, 1.807) is 38.5 Å². The van der Waals surface area contributed by atoms with Gasteiger partial charge in [0.1, 0.15) is 0 Å². The van der Waals surface area contributed by atoms with Gasteiger partial charge in [-0.25, -0.2) is 0 Å². The molecule has 0 spiro atoms. The van der Waals surface area contributed by atoms with Gasteiger partial charge < -0.3 is 0 Å². The highest BCUT2D eigenvalue weighted by Gasteiger charge is 2.60. The van der Waals surface area contributed by atoms with E-state index < -0.39 is 0 Å². The molecule has 0 aromatic heterocycles. The summed E-state index contributed by atoms with van der Waals surface area (Å²) < 4.78 is 0. The topological polar surface area (TPSA) is 0 Å². The highest BCUT2D eigenvalue weighted by molar-refractivity contribution is 5.31. The molecule has 8 saturated carbocycles. The van der Waals surface area contributed by atoms with Gasteiger partial charge in [0.15, 0.2) is 0 Å². The monoisotopic (exact) mass is 1020 g/mol. The Balaban J connectivity index is 0.000000142. The van der Waals surface area contributed by atoms with Crippen LogP contribution in [0.1, 0.15) is 268 Å². The zero-order chi connectivity index (χ0) is 54.4. The Labute approximate surface area is 466 Å². The minimum Gasteiger partial charge on any atom is -0.0649 e. The van der Waals surface area contributed by atoms with Gasteiger partial charge >= 0.3 is 0 Å². The molecule has 8 fully saturated rings. The Kier molecular flexibility index (Phi) is 20.4. The molecular formula is C75H120. The van der Waals surface area contributed by atoms with Crippen molar-refractivity contribution in [1.29, 1.82) is 0 Å². The molecule has 420 valence electrons. The van der Waals surface area contributed by atoms with Crippen molar-refractivity contribution in [3.8, 4) is 0 Å². The zero-order valence-electron chi connectivity index (χ0n) is 52.2. The molecule has 75 heavy (non-hydrogen) atoms. The van der Waals surface area contributed by atoms with E-state index in [4.69, 9.17) is 0 Å². The Morgan fingerprint density at radius 3 is 1.17 bits per heavy atom. The summed E-state index contributed by atoms with van der Waals surface area (Å²) in [4.78, 5) is 0. The van der Waals surface area contributed by atoms with Crippen molar-refractivity contribution >= 4 is 0 Å². The molecule has 0 aliphatic heterocycles. The van der Waals surface area contributed by atoms with Gasteiger partial charge in [-0.05, 0) is 236 Å². The van der Waals surface area contributed by atoms with Crippen LogP contribution in [0.5, 0.6) is 0 Å². The molecule has 8 aliphatic carbocycles. The van der Waals surface area contributed by atoms with Gasteiger partial charge in [-0.2, -0.15) is 0 Å². The van der Waals surface area contributed by atoms with Crippen molar-refractivity contribution in [1.82, 2.24) is 0 Å². The summed E-state index contributed by atoms with van der Waals surface area (Å²) in [6, 6.07) is 31.6. The first-order valence-corrected chi connectivity index (χ1v) is 32.7. The molecule has 3 aromatic rings. The van der Waals surface area contributed by atoms with E-state index in [9.17, 15) is 0 Å². The maximum atomic E-state index is 2.71. The zero-order valence-corrected chi connectivity index (χ0v) is 52.2. The second-order valence-corrected chi connectivity index (χ2v) is 30.3. The second kappa shape index (κ2) is 25.4. The first-order chi connectivity index (χ1) is 35.6. The third-order valence-corrected chi connectivity index (χ3v) is 26.2. The Morgan fingerprint density at radius 2 is 0.867 bits per heavy atom. The standard InChI is InChI=1S/2C21H38.C14H14.C11H20.C8H10/c2*1-6-20(4)12-7-13-21(5)18-10-8-16(15(2)3)14-17(18)9-11-19(20)21;1-12(13-8-4-2-5-9-13)14-10-6-3-7-11-14;1-8-7-9-5-6-11(8,4)10(9,2)3;1-2-8-6-4-3-5-7-8/h2*15-19H,6-14H2,1-5H3;2-12H,1H3;8-9H,5-7H2,1-4H3;3-7H,2H2,1H3/t16?,17?,18?,19?,20-,21-;16-,17+,18-,19-,20-,21+;;;/m00.../s1. The van der Waals surface area contributed by atoms with Gasteiger partial charge in [0, 0.05) is 5.92 Å². The Morgan fingerprint density at radius 1 is 0.453 bits per heavy atom. The highest BCUT2D eigenvalue weighted by Crippen LogP contribution is 2.69.